The van der Waals surface area contributed by atoms with Crippen LogP contribution >= 0.6 is 11.3 Å². The molecule has 96 valence electrons. The van der Waals surface area contributed by atoms with E-state index in [0.29, 0.717) is 5.69 Å². The molecule has 0 aliphatic heterocycles. The number of hydrogen-bond acceptors (Lipinski definition) is 5. The summed E-state index contributed by atoms with van der Waals surface area (Å²) in [6, 6.07) is 0. The number of amides is 1. The number of nitrogens with one attached hydrogen (secondary N) is 1. The first-order chi connectivity index (χ1) is 8.40. The number of rotatable bonds is 3. The van der Waals surface area contributed by atoms with Gasteiger partial charge < -0.3 is 11.1 Å². The minimum atomic E-state index is -0.546. The van der Waals surface area contributed by atoms with Gasteiger partial charge in [0.05, 0.1) is 11.2 Å². The topological polar surface area (TPSA) is 85.8 Å². The molecule has 2 rings (SSSR count). The van der Waals surface area contributed by atoms with E-state index in [1.165, 1.54) is 16.0 Å². The Hall–Kier alpha value is -1.89. The highest BCUT2D eigenvalue weighted by Crippen LogP contribution is 2.22. The molecule has 0 aliphatic rings. The fourth-order valence-electron chi connectivity index (χ4n) is 1.61. The molecule has 0 aliphatic carbocycles. The van der Waals surface area contributed by atoms with Crippen LogP contribution in [0.25, 0.3) is 0 Å². The SMILES string of the molecule is Cn1cc(N)c(C(=O)NC(C)(C)c2nccs2)n1. The van der Waals surface area contributed by atoms with Crippen molar-refractivity contribution in [3.8, 4) is 0 Å². The summed E-state index contributed by atoms with van der Waals surface area (Å²) in [4.78, 5) is 16.3. The number of anilines is 1. The quantitative estimate of drug-likeness (QED) is 0.871. The third-order valence-corrected chi connectivity index (χ3v) is 3.56. The molecule has 0 unspecified atom stereocenters. The second-order valence-electron chi connectivity index (χ2n) is 4.52. The van der Waals surface area contributed by atoms with Crippen LogP contribution in [0, 0.1) is 0 Å². The normalized spacial score (nSPS) is 11.5. The lowest BCUT2D eigenvalue weighted by Gasteiger charge is -2.23. The van der Waals surface area contributed by atoms with Crippen molar-refractivity contribution in [2.75, 3.05) is 5.73 Å². The van der Waals surface area contributed by atoms with E-state index in [9.17, 15) is 4.79 Å². The van der Waals surface area contributed by atoms with Gasteiger partial charge in [-0.3, -0.25) is 9.48 Å². The van der Waals surface area contributed by atoms with Crippen LogP contribution in [0.5, 0.6) is 0 Å². The van der Waals surface area contributed by atoms with Crippen LogP contribution in [0.4, 0.5) is 5.69 Å². The highest BCUT2D eigenvalue weighted by molar-refractivity contribution is 7.09. The number of carbonyl (C=O) groups is 1. The van der Waals surface area contributed by atoms with E-state index in [1.807, 2.05) is 19.2 Å². The van der Waals surface area contributed by atoms with Crippen LogP contribution < -0.4 is 11.1 Å². The third kappa shape index (κ3) is 2.35. The Morgan fingerprint density at radius 3 is 2.78 bits per heavy atom. The first-order valence-corrected chi connectivity index (χ1v) is 6.30. The van der Waals surface area contributed by atoms with Crippen molar-refractivity contribution in [3.63, 3.8) is 0 Å². The van der Waals surface area contributed by atoms with Gasteiger partial charge in [0.1, 0.15) is 5.01 Å². The molecule has 7 heteroatoms. The summed E-state index contributed by atoms with van der Waals surface area (Å²) in [5.74, 6) is -0.298. The number of aromatic nitrogens is 3. The zero-order chi connectivity index (χ0) is 13.3. The first kappa shape index (κ1) is 12.6. The largest absolute Gasteiger partial charge is 0.396 e. The van der Waals surface area contributed by atoms with Gasteiger partial charge in [0.25, 0.3) is 5.91 Å². The molecular formula is C11H15N5OS. The first-order valence-electron chi connectivity index (χ1n) is 5.42. The number of nitrogen functional groups attached to an aromatic ring is 1. The van der Waals surface area contributed by atoms with E-state index >= 15 is 0 Å². The van der Waals surface area contributed by atoms with Crippen molar-refractivity contribution < 1.29 is 4.79 Å². The molecule has 0 spiro atoms. The van der Waals surface area contributed by atoms with Gasteiger partial charge in [-0.1, -0.05) is 0 Å². The van der Waals surface area contributed by atoms with Crippen molar-refractivity contribution in [3.05, 3.63) is 28.5 Å². The van der Waals surface area contributed by atoms with Gasteiger partial charge in [0.2, 0.25) is 0 Å². The molecule has 2 aromatic heterocycles. The molecule has 0 aromatic carbocycles. The van der Waals surface area contributed by atoms with E-state index in [4.69, 9.17) is 5.73 Å². The van der Waals surface area contributed by atoms with Gasteiger partial charge in [0.15, 0.2) is 5.69 Å². The maximum Gasteiger partial charge on any atom is 0.274 e. The van der Waals surface area contributed by atoms with Crippen molar-refractivity contribution in [2.24, 2.45) is 7.05 Å². The minimum absolute atomic E-state index is 0.238. The van der Waals surface area contributed by atoms with Crippen LogP contribution in [0.15, 0.2) is 17.8 Å². The molecule has 0 saturated carbocycles. The van der Waals surface area contributed by atoms with Crippen LogP contribution in [-0.4, -0.2) is 20.7 Å². The highest BCUT2D eigenvalue weighted by atomic mass is 32.1. The Morgan fingerprint density at radius 2 is 2.28 bits per heavy atom. The van der Waals surface area contributed by atoms with E-state index in [2.05, 4.69) is 15.4 Å². The minimum Gasteiger partial charge on any atom is -0.396 e. The fraction of sp³-hybridized carbons (Fsp3) is 0.364. The molecule has 0 radical (unpaired) electrons. The lowest BCUT2D eigenvalue weighted by atomic mass is 10.1. The predicted molar refractivity (Wildman–Crippen MR) is 70.2 cm³/mol. The van der Waals surface area contributed by atoms with Crippen molar-refractivity contribution in [1.29, 1.82) is 0 Å². The van der Waals surface area contributed by atoms with Crippen LogP contribution in [0.2, 0.25) is 0 Å². The molecule has 0 saturated heterocycles. The average Bonchev–Trinajstić information content (AvgIpc) is 2.86. The van der Waals surface area contributed by atoms with Gasteiger partial charge in [-0.05, 0) is 13.8 Å². The predicted octanol–water partition coefficient (Wildman–Crippen LogP) is 1.12. The number of thiazole rings is 1. The second kappa shape index (κ2) is 4.41. The zero-order valence-corrected chi connectivity index (χ0v) is 11.3. The molecule has 3 N–H and O–H groups in total. The fourth-order valence-corrected chi connectivity index (χ4v) is 2.33. The van der Waals surface area contributed by atoms with E-state index in [-0.39, 0.29) is 11.6 Å². The van der Waals surface area contributed by atoms with E-state index < -0.39 is 5.54 Å². The van der Waals surface area contributed by atoms with Crippen molar-refractivity contribution >= 4 is 22.9 Å². The van der Waals surface area contributed by atoms with Crippen molar-refractivity contribution in [1.82, 2.24) is 20.1 Å². The lowest BCUT2D eigenvalue weighted by molar-refractivity contribution is 0.0907. The summed E-state index contributed by atoms with van der Waals surface area (Å²) >= 11 is 1.49. The summed E-state index contributed by atoms with van der Waals surface area (Å²) in [5, 5.41) is 9.63. The maximum atomic E-state index is 12.1. The smallest absolute Gasteiger partial charge is 0.274 e. The standard InChI is InChI=1S/C11H15N5OS/c1-11(2,10-13-4-5-18-10)14-9(17)8-7(12)6-16(3)15-8/h4-6H,12H2,1-3H3,(H,14,17). The molecule has 6 nitrogen and oxygen atoms in total. The molecule has 18 heavy (non-hydrogen) atoms. The Kier molecular flexibility index (Phi) is 3.08. The summed E-state index contributed by atoms with van der Waals surface area (Å²) in [7, 11) is 1.72. The highest BCUT2D eigenvalue weighted by Gasteiger charge is 2.27. The summed E-state index contributed by atoms with van der Waals surface area (Å²) < 4.78 is 1.51. The van der Waals surface area contributed by atoms with Crippen LogP contribution in [-0.2, 0) is 12.6 Å². The second-order valence-corrected chi connectivity index (χ2v) is 5.42. The number of carbonyl (C=O) groups excluding carboxylic acids is 1. The Balaban J connectivity index is 2.19. The lowest BCUT2D eigenvalue weighted by Crippen LogP contribution is -2.41. The summed E-state index contributed by atoms with van der Waals surface area (Å²) in [6.45, 7) is 3.78. The molecule has 0 bridgehead atoms. The molecular weight excluding hydrogens is 250 g/mol. The monoisotopic (exact) mass is 265 g/mol. The van der Waals surface area contributed by atoms with Gasteiger partial charge >= 0.3 is 0 Å². The third-order valence-electron chi connectivity index (χ3n) is 2.47. The van der Waals surface area contributed by atoms with Crippen LogP contribution in [0.3, 0.4) is 0 Å². The Labute approximate surface area is 109 Å². The number of nitrogens with two attached hydrogens (primary N) is 1. The molecule has 2 aromatic rings. The number of nitrogens with zero attached hydrogens (tertiary/aromatic N) is 3. The van der Waals surface area contributed by atoms with Gasteiger partial charge in [0, 0.05) is 24.8 Å². The van der Waals surface area contributed by atoms with Gasteiger partial charge in [-0.25, -0.2) is 4.98 Å². The van der Waals surface area contributed by atoms with E-state index in [1.54, 1.807) is 19.4 Å². The Morgan fingerprint density at radius 1 is 1.56 bits per heavy atom. The molecule has 2 heterocycles. The van der Waals surface area contributed by atoms with Crippen molar-refractivity contribution in [2.45, 2.75) is 19.4 Å². The van der Waals surface area contributed by atoms with Crippen LogP contribution in [0.1, 0.15) is 29.3 Å². The van der Waals surface area contributed by atoms with Gasteiger partial charge in [-0.15, -0.1) is 11.3 Å². The van der Waals surface area contributed by atoms with E-state index in [0.717, 1.165) is 5.01 Å². The Bertz CT molecular complexity index is 558. The zero-order valence-electron chi connectivity index (χ0n) is 10.5. The molecule has 1 amide bonds. The molecule has 0 atom stereocenters. The molecule has 0 fully saturated rings. The summed E-state index contributed by atoms with van der Waals surface area (Å²) in [5.41, 5.74) is 5.78. The number of aryl methyl sites for hydroxylation is 1. The summed E-state index contributed by atoms with van der Waals surface area (Å²) in [6.07, 6.45) is 3.31. The maximum absolute atomic E-state index is 12.1. The average molecular weight is 265 g/mol. The van der Waals surface area contributed by atoms with Gasteiger partial charge in [-0.2, -0.15) is 5.10 Å². The number of hydrogen-bond donors (Lipinski definition) is 2.